The van der Waals surface area contributed by atoms with Gasteiger partial charge in [-0.25, -0.2) is 0 Å². The molecule has 0 saturated heterocycles. The van der Waals surface area contributed by atoms with Crippen molar-refractivity contribution in [2.45, 2.75) is 32.6 Å². The molecule has 1 unspecified atom stereocenters. The van der Waals surface area contributed by atoms with Crippen molar-refractivity contribution in [3.05, 3.63) is 48.0 Å². The zero-order valence-corrected chi connectivity index (χ0v) is 14.7. The quantitative estimate of drug-likeness (QED) is 0.849. The Morgan fingerprint density at radius 3 is 2.43 bits per heavy atom. The van der Waals surface area contributed by atoms with E-state index in [-0.39, 0.29) is 11.8 Å². The Morgan fingerprint density at radius 2 is 1.83 bits per heavy atom. The summed E-state index contributed by atoms with van der Waals surface area (Å²) in [6.07, 6.45) is 0.734. The first-order valence-corrected chi connectivity index (χ1v) is 8.40. The number of rotatable bonds is 7. The number of hydrogen-bond donors (Lipinski definition) is 1. The van der Waals surface area contributed by atoms with Gasteiger partial charge in [-0.1, -0.05) is 63.2 Å². The third-order valence-corrected chi connectivity index (χ3v) is 5.12. The Bertz CT molecular complexity index is 675. The van der Waals surface area contributed by atoms with Crippen LogP contribution in [0.25, 0.3) is 10.8 Å². The van der Waals surface area contributed by atoms with Gasteiger partial charge in [0.1, 0.15) is 0 Å². The zero-order chi connectivity index (χ0) is 17.0. The molecule has 23 heavy (non-hydrogen) atoms. The maximum Gasteiger partial charge on any atom is 0.228 e. The van der Waals surface area contributed by atoms with Crippen molar-refractivity contribution in [1.29, 1.82) is 0 Å². The molecule has 1 atom stereocenters. The molecule has 2 aromatic carbocycles. The van der Waals surface area contributed by atoms with Gasteiger partial charge in [-0.15, -0.1) is 0 Å². The van der Waals surface area contributed by atoms with Crippen molar-refractivity contribution in [1.82, 2.24) is 4.90 Å². The highest BCUT2D eigenvalue weighted by Crippen LogP contribution is 2.39. The Hall–Kier alpha value is -1.87. The summed E-state index contributed by atoms with van der Waals surface area (Å²) in [5.41, 5.74) is 6.38. The lowest BCUT2D eigenvalue weighted by Gasteiger charge is -2.37. The number of primary amides is 1. The van der Waals surface area contributed by atoms with Crippen LogP contribution in [0, 0.1) is 5.92 Å². The van der Waals surface area contributed by atoms with Crippen LogP contribution in [0.2, 0.25) is 0 Å². The zero-order valence-electron chi connectivity index (χ0n) is 14.7. The molecule has 0 saturated carbocycles. The number of hydrogen-bond acceptors (Lipinski definition) is 2. The molecule has 0 aliphatic heterocycles. The van der Waals surface area contributed by atoms with E-state index in [0.717, 1.165) is 35.8 Å². The van der Waals surface area contributed by atoms with Crippen LogP contribution in [0.15, 0.2) is 42.5 Å². The summed E-state index contributed by atoms with van der Waals surface area (Å²) < 4.78 is 0. The lowest BCUT2D eigenvalue weighted by Crippen LogP contribution is -2.47. The monoisotopic (exact) mass is 312 g/mol. The Kier molecular flexibility index (Phi) is 5.42. The van der Waals surface area contributed by atoms with E-state index in [1.165, 1.54) is 0 Å². The molecule has 2 aromatic rings. The van der Waals surface area contributed by atoms with Gasteiger partial charge < -0.3 is 10.6 Å². The van der Waals surface area contributed by atoms with E-state index in [4.69, 9.17) is 5.73 Å². The molecule has 2 N–H and O–H groups in total. The summed E-state index contributed by atoms with van der Waals surface area (Å²) in [5, 5.41) is 2.28. The average Bonchev–Trinajstić information content (AvgIpc) is 2.54. The van der Waals surface area contributed by atoms with Crippen LogP contribution in [-0.4, -0.2) is 30.9 Å². The molecule has 0 aromatic heterocycles. The number of amides is 1. The molecule has 3 nitrogen and oxygen atoms in total. The number of nitrogens with two attached hydrogens (primary N) is 1. The fourth-order valence-corrected chi connectivity index (χ4v) is 3.41. The van der Waals surface area contributed by atoms with Gasteiger partial charge in [-0.05, 0) is 48.8 Å². The third-order valence-electron chi connectivity index (χ3n) is 5.12. The molecular weight excluding hydrogens is 284 g/mol. The lowest BCUT2D eigenvalue weighted by atomic mass is 9.67. The maximum atomic E-state index is 12.6. The minimum Gasteiger partial charge on any atom is -0.369 e. The SMILES string of the molecule is CCN(C)CCC(C(N)=O)(c1cccc2ccccc12)C(C)C. The molecule has 0 heterocycles. The first-order valence-electron chi connectivity index (χ1n) is 8.40. The van der Waals surface area contributed by atoms with Crippen LogP contribution in [0.4, 0.5) is 0 Å². The van der Waals surface area contributed by atoms with E-state index in [1.54, 1.807) is 0 Å². The summed E-state index contributed by atoms with van der Waals surface area (Å²) in [5.74, 6) is -0.0931. The smallest absolute Gasteiger partial charge is 0.228 e. The second-order valence-electron chi connectivity index (χ2n) is 6.66. The van der Waals surface area contributed by atoms with Gasteiger partial charge in [0.15, 0.2) is 0 Å². The Balaban J connectivity index is 2.62. The summed E-state index contributed by atoms with van der Waals surface area (Å²) >= 11 is 0. The van der Waals surface area contributed by atoms with Gasteiger partial charge in [0, 0.05) is 0 Å². The van der Waals surface area contributed by atoms with Crippen molar-refractivity contribution in [3.63, 3.8) is 0 Å². The number of fused-ring (bicyclic) bond motifs is 1. The topological polar surface area (TPSA) is 46.3 Å². The highest BCUT2D eigenvalue weighted by atomic mass is 16.1. The van der Waals surface area contributed by atoms with Gasteiger partial charge in [0.2, 0.25) is 5.91 Å². The van der Waals surface area contributed by atoms with Gasteiger partial charge in [-0.3, -0.25) is 4.79 Å². The number of carbonyl (C=O) groups is 1. The molecule has 2 rings (SSSR count). The number of carbonyl (C=O) groups excluding carboxylic acids is 1. The van der Waals surface area contributed by atoms with Crippen LogP contribution >= 0.6 is 0 Å². The minimum absolute atomic E-state index is 0.135. The molecule has 0 aliphatic carbocycles. The van der Waals surface area contributed by atoms with Gasteiger partial charge in [0.05, 0.1) is 5.41 Å². The Labute approximate surface area is 139 Å². The normalized spacial score (nSPS) is 14.3. The van der Waals surface area contributed by atoms with E-state index in [2.05, 4.69) is 57.0 Å². The van der Waals surface area contributed by atoms with Gasteiger partial charge >= 0.3 is 0 Å². The fourth-order valence-electron chi connectivity index (χ4n) is 3.41. The third kappa shape index (κ3) is 3.25. The number of benzene rings is 2. The molecule has 3 heteroatoms. The fraction of sp³-hybridized carbons (Fsp3) is 0.450. The highest BCUT2D eigenvalue weighted by molar-refractivity contribution is 5.95. The molecule has 1 amide bonds. The standard InChI is InChI=1S/C20H28N2O/c1-5-22(4)14-13-20(15(2)3,19(21)23)18-12-8-10-16-9-6-7-11-17(16)18/h6-12,15H,5,13-14H2,1-4H3,(H2,21,23). The second kappa shape index (κ2) is 7.14. The van der Waals surface area contributed by atoms with Crippen molar-refractivity contribution in [2.75, 3.05) is 20.1 Å². The minimum atomic E-state index is -0.649. The largest absolute Gasteiger partial charge is 0.369 e. The summed E-state index contributed by atoms with van der Waals surface area (Å²) in [7, 11) is 2.08. The van der Waals surface area contributed by atoms with E-state index in [9.17, 15) is 4.79 Å². The maximum absolute atomic E-state index is 12.6. The predicted octanol–water partition coefficient (Wildman–Crippen LogP) is 3.56. The molecule has 0 bridgehead atoms. The van der Waals surface area contributed by atoms with E-state index in [0.29, 0.717) is 0 Å². The van der Waals surface area contributed by atoms with Crippen molar-refractivity contribution < 1.29 is 4.79 Å². The summed E-state index contributed by atoms with van der Waals surface area (Å²) in [6.45, 7) is 8.12. The molecular formula is C20H28N2O. The van der Waals surface area contributed by atoms with Crippen LogP contribution in [0.1, 0.15) is 32.8 Å². The van der Waals surface area contributed by atoms with Gasteiger partial charge in [0.25, 0.3) is 0 Å². The summed E-state index contributed by atoms with van der Waals surface area (Å²) in [6, 6.07) is 14.4. The molecule has 0 spiro atoms. The van der Waals surface area contributed by atoms with Crippen molar-refractivity contribution >= 4 is 16.7 Å². The van der Waals surface area contributed by atoms with Crippen molar-refractivity contribution in [3.8, 4) is 0 Å². The average molecular weight is 312 g/mol. The Morgan fingerprint density at radius 1 is 1.17 bits per heavy atom. The first kappa shape index (κ1) is 17.5. The van der Waals surface area contributed by atoms with Crippen LogP contribution in [0.5, 0.6) is 0 Å². The molecule has 0 aliphatic rings. The van der Waals surface area contributed by atoms with Crippen molar-refractivity contribution in [2.24, 2.45) is 11.7 Å². The predicted molar refractivity (Wildman–Crippen MR) is 97.4 cm³/mol. The molecule has 124 valence electrons. The van der Waals surface area contributed by atoms with Crippen LogP contribution < -0.4 is 5.73 Å². The van der Waals surface area contributed by atoms with E-state index >= 15 is 0 Å². The molecule has 0 fully saturated rings. The van der Waals surface area contributed by atoms with E-state index in [1.807, 2.05) is 18.2 Å². The second-order valence-corrected chi connectivity index (χ2v) is 6.66. The van der Waals surface area contributed by atoms with E-state index < -0.39 is 5.41 Å². The summed E-state index contributed by atoms with van der Waals surface area (Å²) in [4.78, 5) is 14.8. The van der Waals surface area contributed by atoms with Crippen LogP contribution in [-0.2, 0) is 10.2 Å². The number of nitrogens with zero attached hydrogens (tertiary/aromatic N) is 1. The lowest BCUT2D eigenvalue weighted by molar-refractivity contribution is -0.125. The van der Waals surface area contributed by atoms with Crippen LogP contribution in [0.3, 0.4) is 0 Å². The highest BCUT2D eigenvalue weighted by Gasteiger charge is 2.42. The molecule has 0 radical (unpaired) electrons. The first-order chi connectivity index (χ1) is 10.9. The van der Waals surface area contributed by atoms with Gasteiger partial charge in [-0.2, -0.15) is 0 Å².